The largest absolute Gasteiger partial charge is 0.493 e. The number of carbonyl (C=O) groups excluding carboxylic acids is 3. The molecule has 0 saturated carbocycles. The van der Waals surface area contributed by atoms with E-state index in [0.717, 1.165) is 10.5 Å². The summed E-state index contributed by atoms with van der Waals surface area (Å²) in [5.41, 5.74) is 1.86. The first kappa shape index (κ1) is 21.4. The Morgan fingerprint density at radius 1 is 1.16 bits per heavy atom. The minimum absolute atomic E-state index is 0.0209. The lowest BCUT2D eigenvalue weighted by molar-refractivity contribution is -0.143. The van der Waals surface area contributed by atoms with Gasteiger partial charge in [-0.2, -0.15) is 5.26 Å². The van der Waals surface area contributed by atoms with Crippen LogP contribution in [0.15, 0.2) is 48.2 Å². The van der Waals surface area contributed by atoms with Gasteiger partial charge in [-0.3, -0.25) is 9.59 Å². The Balaban J connectivity index is 1.77. The zero-order valence-corrected chi connectivity index (χ0v) is 16.9. The second kappa shape index (κ2) is 9.45. The zero-order chi connectivity index (χ0) is 22.4. The van der Waals surface area contributed by atoms with Crippen molar-refractivity contribution in [1.29, 1.82) is 5.26 Å². The molecule has 1 saturated heterocycles. The summed E-state index contributed by atoms with van der Waals surface area (Å²) in [6.45, 7) is -0.295. The molecule has 3 rings (SSSR count). The number of hydrogen-bond donors (Lipinski definition) is 1. The fourth-order valence-corrected chi connectivity index (χ4v) is 2.88. The quantitative estimate of drug-likeness (QED) is 0.414. The molecule has 0 atom stereocenters. The number of esters is 1. The van der Waals surface area contributed by atoms with Gasteiger partial charge in [0.1, 0.15) is 18.8 Å². The molecule has 0 spiro atoms. The van der Waals surface area contributed by atoms with Crippen molar-refractivity contribution in [2.45, 2.75) is 6.61 Å². The Bertz CT molecular complexity index is 1100. The van der Waals surface area contributed by atoms with E-state index in [1.807, 2.05) is 6.07 Å². The fourth-order valence-electron chi connectivity index (χ4n) is 2.88. The third-order valence-corrected chi connectivity index (χ3v) is 4.50. The number of nitriles is 1. The molecule has 1 aliphatic heterocycles. The summed E-state index contributed by atoms with van der Waals surface area (Å²) in [7, 11) is 2.65. The number of nitrogens with one attached hydrogen (secondary N) is 1. The minimum atomic E-state index is -0.704. The van der Waals surface area contributed by atoms with Crippen molar-refractivity contribution in [3.8, 4) is 17.6 Å². The molecule has 2 aromatic carbocycles. The smallest absolute Gasteiger partial charge is 0.329 e. The molecule has 9 heteroatoms. The second-order valence-corrected chi connectivity index (χ2v) is 6.42. The van der Waals surface area contributed by atoms with Gasteiger partial charge in [-0.25, -0.2) is 9.69 Å². The Hall–Kier alpha value is -4.32. The van der Waals surface area contributed by atoms with E-state index in [9.17, 15) is 19.6 Å². The number of benzene rings is 2. The average molecular weight is 421 g/mol. The van der Waals surface area contributed by atoms with E-state index in [1.165, 1.54) is 20.3 Å². The van der Waals surface area contributed by atoms with Crippen LogP contribution in [0.4, 0.5) is 4.79 Å². The van der Waals surface area contributed by atoms with Crippen LogP contribution in [0.1, 0.15) is 16.7 Å². The summed E-state index contributed by atoms with van der Waals surface area (Å²) >= 11 is 0. The van der Waals surface area contributed by atoms with Gasteiger partial charge in [0.05, 0.1) is 25.9 Å². The van der Waals surface area contributed by atoms with E-state index in [1.54, 1.807) is 36.4 Å². The van der Waals surface area contributed by atoms with Gasteiger partial charge in [0.2, 0.25) is 0 Å². The van der Waals surface area contributed by atoms with Crippen LogP contribution in [0.2, 0.25) is 0 Å². The summed E-state index contributed by atoms with van der Waals surface area (Å²) < 4.78 is 15.7. The maximum Gasteiger partial charge on any atom is 0.329 e. The number of carbonyl (C=O) groups is 3. The van der Waals surface area contributed by atoms with Crippen molar-refractivity contribution in [2.24, 2.45) is 0 Å². The summed E-state index contributed by atoms with van der Waals surface area (Å²) in [6.07, 6.45) is 1.47. The Morgan fingerprint density at radius 2 is 1.94 bits per heavy atom. The first-order chi connectivity index (χ1) is 15.0. The van der Waals surface area contributed by atoms with Crippen LogP contribution in [0.5, 0.6) is 11.5 Å². The van der Waals surface area contributed by atoms with Crippen LogP contribution < -0.4 is 14.8 Å². The molecule has 0 aliphatic carbocycles. The van der Waals surface area contributed by atoms with Gasteiger partial charge in [-0.1, -0.05) is 24.3 Å². The number of imide groups is 1. The van der Waals surface area contributed by atoms with Gasteiger partial charge in [0.15, 0.2) is 11.5 Å². The summed E-state index contributed by atoms with van der Waals surface area (Å²) in [5, 5.41) is 11.6. The van der Waals surface area contributed by atoms with Gasteiger partial charge < -0.3 is 19.5 Å². The second-order valence-electron chi connectivity index (χ2n) is 6.42. The minimum Gasteiger partial charge on any atom is -0.493 e. The lowest BCUT2D eigenvalue weighted by atomic mass is 10.1. The molecule has 31 heavy (non-hydrogen) atoms. The van der Waals surface area contributed by atoms with Crippen molar-refractivity contribution < 1.29 is 28.6 Å². The zero-order valence-electron chi connectivity index (χ0n) is 16.9. The standard InChI is InChI=1S/C22H19N3O6/c1-29-19-10-14(9-17-21(27)25(22(28)24-17)12-20(26)30-2)7-8-18(19)31-13-16-6-4-3-5-15(16)11-23/h3-10H,12-13H2,1-2H3,(H,24,28)/b17-9+. The number of methoxy groups -OCH3 is 2. The van der Waals surface area contributed by atoms with Crippen molar-refractivity contribution in [3.63, 3.8) is 0 Å². The number of hydrogen-bond acceptors (Lipinski definition) is 7. The van der Waals surface area contributed by atoms with E-state index in [2.05, 4.69) is 16.1 Å². The number of ether oxygens (including phenoxy) is 3. The average Bonchev–Trinajstić information content (AvgIpc) is 3.05. The van der Waals surface area contributed by atoms with Gasteiger partial charge in [-0.15, -0.1) is 0 Å². The maximum atomic E-state index is 12.4. The van der Waals surface area contributed by atoms with Crippen LogP contribution in [0.3, 0.4) is 0 Å². The maximum absolute atomic E-state index is 12.4. The Morgan fingerprint density at radius 3 is 2.65 bits per heavy atom. The van der Waals surface area contributed by atoms with Gasteiger partial charge >= 0.3 is 12.0 Å². The number of amides is 3. The van der Waals surface area contributed by atoms with Crippen LogP contribution in [-0.4, -0.2) is 43.6 Å². The summed E-state index contributed by atoms with van der Waals surface area (Å²) in [4.78, 5) is 36.5. The molecule has 9 nitrogen and oxygen atoms in total. The van der Waals surface area contributed by atoms with Gasteiger partial charge in [0.25, 0.3) is 5.91 Å². The lowest BCUT2D eigenvalue weighted by Crippen LogP contribution is -2.36. The number of nitrogens with zero attached hydrogens (tertiary/aromatic N) is 2. The van der Waals surface area contributed by atoms with Crippen molar-refractivity contribution in [2.75, 3.05) is 20.8 Å². The first-order valence-corrected chi connectivity index (χ1v) is 9.17. The number of rotatable bonds is 7. The van der Waals surface area contributed by atoms with Gasteiger partial charge in [0, 0.05) is 5.56 Å². The SMILES string of the molecule is COC(=O)CN1C(=O)N/C(=C/c2ccc(OCc3ccccc3C#N)c(OC)c2)C1=O. The normalized spacial score (nSPS) is 14.2. The van der Waals surface area contributed by atoms with E-state index in [4.69, 9.17) is 9.47 Å². The van der Waals surface area contributed by atoms with E-state index >= 15 is 0 Å². The highest BCUT2D eigenvalue weighted by molar-refractivity contribution is 6.15. The van der Waals surface area contributed by atoms with E-state index < -0.39 is 24.5 Å². The van der Waals surface area contributed by atoms with Crippen molar-refractivity contribution in [3.05, 3.63) is 64.9 Å². The molecule has 1 fully saturated rings. The van der Waals surface area contributed by atoms with Gasteiger partial charge in [-0.05, 0) is 29.8 Å². The lowest BCUT2D eigenvalue weighted by Gasteiger charge is -2.12. The summed E-state index contributed by atoms with van der Waals surface area (Å²) in [6, 6.07) is 13.5. The highest BCUT2D eigenvalue weighted by Gasteiger charge is 2.35. The topological polar surface area (TPSA) is 118 Å². The molecule has 2 aromatic rings. The van der Waals surface area contributed by atoms with Crippen LogP contribution in [0, 0.1) is 11.3 Å². The van der Waals surface area contributed by atoms with Crippen LogP contribution in [0.25, 0.3) is 6.08 Å². The molecule has 3 amide bonds. The summed E-state index contributed by atoms with van der Waals surface area (Å²) in [5.74, 6) is -0.479. The third-order valence-electron chi connectivity index (χ3n) is 4.50. The molecule has 1 aliphatic rings. The van der Waals surface area contributed by atoms with E-state index in [0.29, 0.717) is 22.6 Å². The Labute approximate surface area is 178 Å². The molecule has 0 aromatic heterocycles. The predicted octanol–water partition coefficient (Wildman–Crippen LogP) is 2.21. The molecule has 158 valence electrons. The molecule has 0 bridgehead atoms. The number of urea groups is 1. The molecular formula is C22H19N3O6. The fraction of sp³-hybridized carbons (Fsp3) is 0.182. The Kier molecular flexibility index (Phi) is 6.52. The monoisotopic (exact) mass is 421 g/mol. The predicted molar refractivity (Wildman–Crippen MR) is 109 cm³/mol. The molecule has 1 heterocycles. The third kappa shape index (κ3) is 4.82. The molecule has 0 radical (unpaired) electrons. The van der Waals surface area contributed by atoms with Crippen molar-refractivity contribution >= 4 is 24.0 Å². The highest BCUT2D eigenvalue weighted by atomic mass is 16.5. The molecular weight excluding hydrogens is 402 g/mol. The molecule has 1 N–H and O–H groups in total. The molecule has 0 unspecified atom stereocenters. The highest BCUT2D eigenvalue weighted by Crippen LogP contribution is 2.30. The van der Waals surface area contributed by atoms with Crippen molar-refractivity contribution in [1.82, 2.24) is 10.2 Å². The van der Waals surface area contributed by atoms with E-state index in [-0.39, 0.29) is 12.3 Å². The van der Waals surface area contributed by atoms with Crippen LogP contribution in [-0.2, 0) is 20.9 Å². The first-order valence-electron chi connectivity index (χ1n) is 9.17. The van der Waals surface area contributed by atoms with Crippen LogP contribution >= 0.6 is 0 Å².